The molecule has 2 aromatic carbocycles. The predicted octanol–water partition coefficient (Wildman–Crippen LogP) is 3.93. The number of nitrogens with zero attached hydrogens (tertiary/aromatic N) is 1. The van der Waals surface area contributed by atoms with E-state index in [4.69, 9.17) is 0 Å². The van der Waals surface area contributed by atoms with Crippen molar-refractivity contribution in [3.63, 3.8) is 0 Å². The summed E-state index contributed by atoms with van der Waals surface area (Å²) in [5, 5.41) is 5.20. The summed E-state index contributed by atoms with van der Waals surface area (Å²) in [6.07, 6.45) is 1.33. The number of amides is 2. The third-order valence-corrected chi connectivity index (χ3v) is 3.86. The predicted molar refractivity (Wildman–Crippen MR) is 103 cm³/mol. The number of carbonyl (C=O) groups is 3. The molecule has 0 fully saturated rings. The van der Waals surface area contributed by atoms with Gasteiger partial charge in [0.15, 0.2) is 5.78 Å². The zero-order chi connectivity index (χ0) is 20.1. The molecule has 2 amide bonds. The number of carbonyl (C=O) groups excluding carboxylic acids is 3. The Morgan fingerprint density at radius 1 is 0.821 bits per heavy atom. The fourth-order valence-electron chi connectivity index (χ4n) is 2.48. The molecular weight excluding hydrogens is 361 g/mol. The van der Waals surface area contributed by atoms with Crippen LogP contribution in [0.15, 0.2) is 66.9 Å². The van der Waals surface area contributed by atoms with Crippen molar-refractivity contribution in [1.82, 2.24) is 4.98 Å². The van der Waals surface area contributed by atoms with Crippen molar-refractivity contribution in [2.24, 2.45) is 0 Å². The lowest BCUT2D eigenvalue weighted by molar-refractivity contribution is 0.100. The average molecular weight is 377 g/mol. The second-order valence-corrected chi connectivity index (χ2v) is 5.99. The highest BCUT2D eigenvalue weighted by molar-refractivity contribution is 6.08. The SMILES string of the molecule is CC(=O)c1cccc(NC(=O)c2ccnc(C(=O)Nc3cccc(F)c3)c2)c1. The van der Waals surface area contributed by atoms with Gasteiger partial charge in [-0.25, -0.2) is 4.39 Å². The van der Waals surface area contributed by atoms with E-state index in [-0.39, 0.29) is 22.7 Å². The molecule has 0 aliphatic carbocycles. The largest absolute Gasteiger partial charge is 0.322 e. The van der Waals surface area contributed by atoms with Gasteiger partial charge in [0.05, 0.1) is 0 Å². The molecule has 2 N–H and O–H groups in total. The Labute approximate surface area is 160 Å². The Balaban J connectivity index is 1.75. The number of Topliss-reactive ketones (excluding diaryl/α,β-unsaturated/α-hetero) is 1. The number of rotatable bonds is 5. The number of halogens is 1. The van der Waals surface area contributed by atoms with Gasteiger partial charge in [-0.15, -0.1) is 0 Å². The highest BCUT2D eigenvalue weighted by atomic mass is 19.1. The van der Waals surface area contributed by atoms with Crippen LogP contribution in [0.1, 0.15) is 38.1 Å². The number of benzene rings is 2. The van der Waals surface area contributed by atoms with E-state index >= 15 is 0 Å². The molecule has 0 spiro atoms. The molecule has 0 saturated carbocycles. The van der Waals surface area contributed by atoms with Gasteiger partial charge >= 0.3 is 0 Å². The molecule has 7 heteroatoms. The second-order valence-electron chi connectivity index (χ2n) is 5.99. The van der Waals surface area contributed by atoms with Crippen LogP contribution >= 0.6 is 0 Å². The van der Waals surface area contributed by atoms with E-state index in [0.717, 1.165) is 0 Å². The minimum absolute atomic E-state index is 0.00870. The smallest absolute Gasteiger partial charge is 0.274 e. The van der Waals surface area contributed by atoms with Gasteiger partial charge in [0.1, 0.15) is 11.5 Å². The first kappa shape index (κ1) is 18.9. The number of hydrogen-bond donors (Lipinski definition) is 2. The monoisotopic (exact) mass is 377 g/mol. The summed E-state index contributed by atoms with van der Waals surface area (Å²) in [5.74, 6) is -1.62. The molecular formula is C21H16FN3O3. The number of aromatic nitrogens is 1. The van der Waals surface area contributed by atoms with Crippen molar-refractivity contribution < 1.29 is 18.8 Å². The molecule has 0 saturated heterocycles. The van der Waals surface area contributed by atoms with Gasteiger partial charge < -0.3 is 10.6 Å². The molecule has 3 rings (SSSR count). The quantitative estimate of drug-likeness (QED) is 0.660. The van der Waals surface area contributed by atoms with E-state index in [9.17, 15) is 18.8 Å². The normalized spacial score (nSPS) is 10.2. The summed E-state index contributed by atoms with van der Waals surface area (Å²) in [5.41, 5.74) is 1.44. The van der Waals surface area contributed by atoms with Crippen molar-refractivity contribution in [2.45, 2.75) is 6.92 Å². The molecule has 0 aliphatic heterocycles. The summed E-state index contributed by atoms with van der Waals surface area (Å²) >= 11 is 0. The first-order valence-corrected chi connectivity index (χ1v) is 8.38. The van der Waals surface area contributed by atoms with Gasteiger partial charge in [-0.3, -0.25) is 19.4 Å². The Morgan fingerprint density at radius 2 is 1.50 bits per heavy atom. The van der Waals surface area contributed by atoms with E-state index in [1.807, 2.05) is 0 Å². The minimum atomic E-state index is -0.571. The average Bonchev–Trinajstić information content (AvgIpc) is 2.68. The molecule has 0 unspecified atom stereocenters. The van der Waals surface area contributed by atoms with Crippen LogP contribution in [0.5, 0.6) is 0 Å². The van der Waals surface area contributed by atoms with Gasteiger partial charge in [0, 0.05) is 28.7 Å². The maximum atomic E-state index is 13.2. The first-order valence-electron chi connectivity index (χ1n) is 8.38. The Kier molecular flexibility index (Phi) is 5.55. The molecule has 0 bridgehead atoms. The third kappa shape index (κ3) is 4.64. The van der Waals surface area contributed by atoms with Crippen LogP contribution in [0, 0.1) is 5.82 Å². The van der Waals surface area contributed by atoms with E-state index in [0.29, 0.717) is 11.3 Å². The van der Waals surface area contributed by atoms with Crippen molar-refractivity contribution in [1.29, 1.82) is 0 Å². The Morgan fingerprint density at radius 3 is 2.21 bits per heavy atom. The van der Waals surface area contributed by atoms with E-state index in [1.165, 1.54) is 43.5 Å². The fraction of sp³-hybridized carbons (Fsp3) is 0.0476. The summed E-state index contributed by atoms with van der Waals surface area (Å²) in [6.45, 7) is 1.44. The van der Waals surface area contributed by atoms with Crippen LogP contribution in [0.4, 0.5) is 15.8 Å². The lowest BCUT2D eigenvalue weighted by Gasteiger charge is -2.08. The maximum Gasteiger partial charge on any atom is 0.274 e. The Hall–Kier alpha value is -3.87. The van der Waals surface area contributed by atoms with Gasteiger partial charge in [0.25, 0.3) is 11.8 Å². The van der Waals surface area contributed by atoms with Crippen LogP contribution in [0.25, 0.3) is 0 Å². The van der Waals surface area contributed by atoms with Gasteiger partial charge in [-0.1, -0.05) is 18.2 Å². The number of nitrogens with one attached hydrogen (secondary N) is 2. The van der Waals surface area contributed by atoms with E-state index in [1.54, 1.807) is 30.3 Å². The number of anilines is 2. The summed E-state index contributed by atoms with van der Waals surface area (Å²) in [4.78, 5) is 40.2. The lowest BCUT2D eigenvalue weighted by atomic mass is 10.1. The molecule has 3 aromatic rings. The van der Waals surface area contributed by atoms with Crippen LogP contribution in [-0.4, -0.2) is 22.6 Å². The molecule has 0 atom stereocenters. The topological polar surface area (TPSA) is 88.2 Å². The summed E-state index contributed by atoms with van der Waals surface area (Å²) in [7, 11) is 0. The van der Waals surface area contributed by atoms with Gasteiger partial charge in [-0.2, -0.15) is 0 Å². The molecule has 140 valence electrons. The van der Waals surface area contributed by atoms with Crippen LogP contribution in [0.3, 0.4) is 0 Å². The number of hydrogen-bond acceptors (Lipinski definition) is 4. The standard InChI is InChI=1S/C21H16FN3O3/c1-13(26)14-4-2-6-17(10-14)24-20(27)15-8-9-23-19(11-15)21(28)25-18-7-3-5-16(22)12-18/h2-12H,1H3,(H,24,27)(H,25,28). The minimum Gasteiger partial charge on any atom is -0.322 e. The van der Waals surface area contributed by atoms with Crippen molar-refractivity contribution >= 4 is 29.0 Å². The number of ketones is 1. The molecule has 1 heterocycles. The first-order chi connectivity index (χ1) is 13.4. The second kappa shape index (κ2) is 8.22. The van der Waals surface area contributed by atoms with Crippen LogP contribution in [0.2, 0.25) is 0 Å². The third-order valence-electron chi connectivity index (χ3n) is 3.86. The highest BCUT2D eigenvalue weighted by Crippen LogP contribution is 2.14. The number of pyridine rings is 1. The zero-order valence-electron chi connectivity index (χ0n) is 14.9. The van der Waals surface area contributed by atoms with Crippen molar-refractivity contribution in [2.75, 3.05) is 10.6 Å². The Bertz CT molecular complexity index is 1070. The van der Waals surface area contributed by atoms with Gasteiger partial charge in [-0.05, 0) is 49.4 Å². The molecule has 6 nitrogen and oxygen atoms in total. The highest BCUT2D eigenvalue weighted by Gasteiger charge is 2.13. The molecule has 1 aromatic heterocycles. The van der Waals surface area contributed by atoms with Crippen LogP contribution in [-0.2, 0) is 0 Å². The summed E-state index contributed by atoms with van der Waals surface area (Å²) in [6, 6.07) is 14.8. The van der Waals surface area contributed by atoms with Gasteiger partial charge in [0.2, 0.25) is 0 Å². The zero-order valence-corrected chi connectivity index (χ0v) is 14.9. The van der Waals surface area contributed by atoms with E-state index < -0.39 is 17.6 Å². The van der Waals surface area contributed by atoms with Crippen molar-refractivity contribution in [3.8, 4) is 0 Å². The van der Waals surface area contributed by atoms with Crippen molar-refractivity contribution in [3.05, 3.63) is 89.5 Å². The maximum absolute atomic E-state index is 13.2. The molecule has 28 heavy (non-hydrogen) atoms. The molecule has 0 aliphatic rings. The van der Waals surface area contributed by atoms with E-state index in [2.05, 4.69) is 15.6 Å². The van der Waals surface area contributed by atoms with Crippen LogP contribution < -0.4 is 10.6 Å². The lowest BCUT2D eigenvalue weighted by Crippen LogP contribution is -2.17. The summed E-state index contributed by atoms with van der Waals surface area (Å²) < 4.78 is 13.2. The molecule has 0 radical (unpaired) electrons. The fourth-order valence-corrected chi connectivity index (χ4v) is 2.48.